The Labute approximate surface area is 207 Å². The molecule has 1 aliphatic rings. The molecule has 0 aliphatic carbocycles. The summed E-state index contributed by atoms with van der Waals surface area (Å²) in [7, 11) is 0. The predicted octanol–water partition coefficient (Wildman–Crippen LogP) is 4.67. The number of benzene rings is 1. The van der Waals surface area contributed by atoms with Crippen LogP contribution in [0.2, 0.25) is 5.02 Å². The molecule has 4 rings (SSSR count). The third kappa shape index (κ3) is 5.91. The lowest BCUT2D eigenvalue weighted by atomic mass is 10.0. The Kier molecular flexibility index (Phi) is 7.59. The van der Waals surface area contributed by atoms with Crippen LogP contribution in [0.1, 0.15) is 44.1 Å². The third-order valence-corrected chi connectivity index (χ3v) is 6.12. The lowest BCUT2D eigenvalue weighted by molar-refractivity contribution is -0.151. The Morgan fingerprint density at radius 1 is 1.26 bits per heavy atom. The number of likely N-dealkylation sites (tertiary alicyclic amines) is 1. The smallest absolute Gasteiger partial charge is 0.380 e. The fraction of sp³-hybridized carbons (Fsp3) is 0.440. The molecule has 3 heterocycles. The Bertz CT molecular complexity index is 1160. The molecular weight excluding hydrogens is 480 g/mol. The number of nitrogens with one attached hydrogen (secondary N) is 1. The van der Waals surface area contributed by atoms with Gasteiger partial charge in [-0.15, -0.1) is 0 Å². The van der Waals surface area contributed by atoms with Crippen LogP contribution >= 0.6 is 11.6 Å². The Morgan fingerprint density at radius 3 is 2.66 bits per heavy atom. The van der Waals surface area contributed by atoms with Crippen molar-refractivity contribution in [3.05, 3.63) is 58.9 Å². The summed E-state index contributed by atoms with van der Waals surface area (Å²) >= 11 is 5.93. The minimum absolute atomic E-state index is 0.0722. The van der Waals surface area contributed by atoms with Crippen LogP contribution < -0.4 is 10.1 Å². The molecule has 188 valence electrons. The zero-order valence-electron chi connectivity index (χ0n) is 19.5. The maximum absolute atomic E-state index is 15.1. The van der Waals surface area contributed by atoms with E-state index in [9.17, 15) is 9.90 Å². The molecule has 1 saturated heterocycles. The number of amides is 1. The van der Waals surface area contributed by atoms with E-state index in [-0.39, 0.29) is 18.2 Å². The first-order valence-corrected chi connectivity index (χ1v) is 11.9. The van der Waals surface area contributed by atoms with E-state index in [2.05, 4.69) is 10.3 Å². The maximum atomic E-state index is 15.1. The quantitative estimate of drug-likeness (QED) is 0.437. The number of carbonyl (C=O) groups excluding carboxylic acids is 1. The zero-order valence-corrected chi connectivity index (χ0v) is 20.3. The summed E-state index contributed by atoms with van der Waals surface area (Å²) in [5.41, 5.74) is 0.576. The van der Waals surface area contributed by atoms with Gasteiger partial charge in [-0.2, -0.15) is 8.78 Å². The van der Waals surface area contributed by atoms with Crippen molar-refractivity contribution in [1.82, 2.24) is 15.2 Å². The average molecular weight is 508 g/mol. The lowest BCUT2D eigenvalue weighted by Crippen LogP contribution is -2.50. The van der Waals surface area contributed by atoms with Crippen LogP contribution in [0.25, 0.3) is 11.0 Å². The second-order valence-corrected chi connectivity index (χ2v) is 9.43. The van der Waals surface area contributed by atoms with Gasteiger partial charge in [0.25, 0.3) is 5.91 Å². The van der Waals surface area contributed by atoms with Crippen molar-refractivity contribution in [3.8, 4) is 5.88 Å². The highest BCUT2D eigenvalue weighted by atomic mass is 35.5. The van der Waals surface area contributed by atoms with Crippen molar-refractivity contribution in [2.75, 3.05) is 19.6 Å². The number of aromatic nitrogens is 1. The molecule has 1 fully saturated rings. The van der Waals surface area contributed by atoms with Crippen molar-refractivity contribution in [2.45, 2.75) is 50.9 Å². The summed E-state index contributed by atoms with van der Waals surface area (Å²) in [5, 5.41) is 14.1. The second-order valence-electron chi connectivity index (χ2n) is 9.00. The monoisotopic (exact) mass is 507 g/mol. The number of aliphatic hydroxyl groups excluding tert-OH is 1. The number of ether oxygens (including phenoxy) is 1. The van der Waals surface area contributed by atoms with Crippen molar-refractivity contribution >= 4 is 28.5 Å². The largest absolute Gasteiger partial charge is 0.475 e. The molecule has 1 aliphatic heterocycles. The van der Waals surface area contributed by atoms with Crippen LogP contribution in [0.3, 0.4) is 0 Å². The lowest BCUT2D eigenvalue weighted by Gasteiger charge is -2.29. The molecule has 2 atom stereocenters. The third-order valence-electron chi connectivity index (χ3n) is 5.88. The number of nitrogens with zero attached hydrogens (tertiary/aromatic N) is 2. The van der Waals surface area contributed by atoms with E-state index >= 15 is 8.78 Å². The van der Waals surface area contributed by atoms with E-state index in [1.54, 1.807) is 12.1 Å². The predicted molar refractivity (Wildman–Crippen MR) is 128 cm³/mol. The first-order chi connectivity index (χ1) is 16.6. The number of rotatable bonds is 9. The van der Waals surface area contributed by atoms with Gasteiger partial charge in [-0.1, -0.05) is 11.6 Å². The maximum Gasteiger partial charge on any atom is 0.380 e. The van der Waals surface area contributed by atoms with Crippen LogP contribution in [0, 0.1) is 0 Å². The second kappa shape index (κ2) is 10.5. The van der Waals surface area contributed by atoms with E-state index in [4.69, 9.17) is 20.8 Å². The van der Waals surface area contributed by atoms with Gasteiger partial charge >= 0.3 is 5.92 Å². The van der Waals surface area contributed by atoms with Crippen LogP contribution in [0.5, 0.6) is 5.88 Å². The molecule has 2 N–H and O–H groups in total. The van der Waals surface area contributed by atoms with Gasteiger partial charge in [0.1, 0.15) is 11.7 Å². The van der Waals surface area contributed by atoms with Crippen molar-refractivity contribution in [3.63, 3.8) is 0 Å². The molecule has 0 radical (unpaired) electrons. The first-order valence-electron chi connectivity index (χ1n) is 11.5. The molecule has 7 nitrogen and oxygen atoms in total. The normalized spacial score (nSPS) is 16.5. The van der Waals surface area contributed by atoms with Gasteiger partial charge in [0, 0.05) is 34.8 Å². The average Bonchev–Trinajstić information content (AvgIpc) is 3.48. The fourth-order valence-corrected chi connectivity index (χ4v) is 4.30. The number of halogens is 3. The highest BCUT2D eigenvalue weighted by Gasteiger charge is 2.46. The van der Waals surface area contributed by atoms with Gasteiger partial charge in [-0.05, 0) is 70.1 Å². The molecule has 1 amide bonds. The van der Waals surface area contributed by atoms with E-state index in [1.807, 2.05) is 18.7 Å². The van der Waals surface area contributed by atoms with E-state index in [0.29, 0.717) is 21.9 Å². The number of aliphatic hydroxyl groups is 1. The van der Waals surface area contributed by atoms with Gasteiger partial charge < -0.3 is 24.5 Å². The summed E-state index contributed by atoms with van der Waals surface area (Å²) in [6, 6.07) is 7.78. The minimum atomic E-state index is -3.96. The molecular formula is C25H28ClF2N3O4. The van der Waals surface area contributed by atoms with Crippen LogP contribution in [-0.2, 0) is 10.7 Å². The van der Waals surface area contributed by atoms with Crippen LogP contribution in [0.4, 0.5) is 8.78 Å². The topological polar surface area (TPSA) is 87.8 Å². The number of hydrogen-bond donors (Lipinski definition) is 2. The Hall–Kier alpha value is -2.75. The van der Waals surface area contributed by atoms with Gasteiger partial charge in [-0.25, -0.2) is 4.98 Å². The molecule has 2 unspecified atom stereocenters. The standard InChI is InChI=1S/C25H28ClF2N3O4/c1-15(2)34-22-8-5-16(13-29-22)23(32)19(14-31-9-3-4-10-31)30-24(33)25(27,28)21-12-17-11-18(26)6-7-20(17)35-21/h5-8,11-13,15,19,23,32H,3-4,9-10,14H2,1-2H3,(H,30,33). The molecule has 3 aromatic rings. The van der Waals surface area contributed by atoms with Gasteiger partial charge in [-0.3, -0.25) is 4.79 Å². The van der Waals surface area contributed by atoms with E-state index in [0.717, 1.165) is 32.0 Å². The van der Waals surface area contributed by atoms with Crippen LogP contribution in [0.15, 0.2) is 47.0 Å². The summed E-state index contributed by atoms with van der Waals surface area (Å²) in [6.45, 7) is 5.47. The first kappa shape index (κ1) is 25.3. The Balaban J connectivity index is 1.55. The number of fused-ring (bicyclic) bond motifs is 1. The van der Waals surface area contributed by atoms with Crippen molar-refractivity contribution in [1.29, 1.82) is 0 Å². The summed E-state index contributed by atoms with van der Waals surface area (Å²) < 4.78 is 41.0. The minimum Gasteiger partial charge on any atom is -0.475 e. The van der Waals surface area contributed by atoms with Gasteiger partial charge in [0.05, 0.1) is 12.1 Å². The summed E-state index contributed by atoms with van der Waals surface area (Å²) in [6.07, 6.45) is 2.03. The van der Waals surface area contributed by atoms with Crippen LogP contribution in [-0.4, -0.2) is 52.7 Å². The van der Waals surface area contributed by atoms with Crippen molar-refractivity contribution in [2.24, 2.45) is 0 Å². The summed E-state index contributed by atoms with van der Waals surface area (Å²) in [5.74, 6) is -5.92. The molecule has 10 heteroatoms. The number of hydrogen-bond acceptors (Lipinski definition) is 6. The molecule has 2 aromatic heterocycles. The molecule has 0 bridgehead atoms. The summed E-state index contributed by atoms with van der Waals surface area (Å²) in [4.78, 5) is 19.0. The van der Waals surface area contributed by atoms with Gasteiger partial charge in [0.2, 0.25) is 5.88 Å². The molecule has 0 spiro atoms. The van der Waals surface area contributed by atoms with Crippen molar-refractivity contribution < 1.29 is 27.8 Å². The number of pyridine rings is 1. The molecule has 1 aromatic carbocycles. The van der Waals surface area contributed by atoms with Gasteiger partial charge in [0.15, 0.2) is 5.76 Å². The number of carbonyl (C=O) groups is 1. The number of furan rings is 1. The highest BCUT2D eigenvalue weighted by molar-refractivity contribution is 6.31. The Morgan fingerprint density at radius 2 is 2.00 bits per heavy atom. The van der Waals surface area contributed by atoms with E-state index in [1.165, 1.54) is 24.4 Å². The molecule has 35 heavy (non-hydrogen) atoms. The number of alkyl halides is 2. The van der Waals surface area contributed by atoms with E-state index < -0.39 is 29.7 Å². The zero-order chi connectivity index (χ0) is 25.2. The molecule has 0 saturated carbocycles. The SMILES string of the molecule is CC(C)Oc1ccc(C(O)C(CN2CCCC2)NC(=O)C(F)(F)c2cc3cc(Cl)ccc3o2)cn1. The fourth-order valence-electron chi connectivity index (χ4n) is 4.12. The highest BCUT2D eigenvalue weighted by Crippen LogP contribution is 2.34.